The summed E-state index contributed by atoms with van der Waals surface area (Å²) in [6.07, 6.45) is -3.85. The number of nitrogens with two attached hydrogens (primary N) is 1. The summed E-state index contributed by atoms with van der Waals surface area (Å²) in [5.41, 5.74) is 5.80. The predicted molar refractivity (Wildman–Crippen MR) is 221 cm³/mol. The van der Waals surface area contributed by atoms with Gasteiger partial charge in [0.1, 0.15) is 47.0 Å². The summed E-state index contributed by atoms with van der Waals surface area (Å²) in [5, 5.41) is 49.1. The van der Waals surface area contributed by atoms with Crippen molar-refractivity contribution in [2.75, 3.05) is 25.4 Å². The van der Waals surface area contributed by atoms with Gasteiger partial charge in [-0.05, 0) is 30.5 Å². The van der Waals surface area contributed by atoms with Gasteiger partial charge in [-0.1, -0.05) is 27.2 Å². The minimum Gasteiger partial charge on any atom is -0.508 e. The minimum absolute atomic E-state index is 0.117. The molecule has 9 amide bonds. The van der Waals surface area contributed by atoms with Crippen LogP contribution in [0.5, 0.6) is 5.75 Å². The molecule has 0 radical (unpaired) electrons. The van der Waals surface area contributed by atoms with Crippen molar-refractivity contribution in [1.82, 2.24) is 47.1 Å². The van der Waals surface area contributed by atoms with Crippen LogP contribution in [0.15, 0.2) is 23.2 Å². The summed E-state index contributed by atoms with van der Waals surface area (Å²) in [7, 11) is -2.35. The highest BCUT2D eigenvalue weighted by molar-refractivity contribution is 7.85. The van der Waals surface area contributed by atoms with Gasteiger partial charge in [0.2, 0.25) is 53.2 Å². The van der Waals surface area contributed by atoms with Crippen molar-refractivity contribution >= 4 is 74.9 Å². The van der Waals surface area contributed by atoms with Gasteiger partial charge < -0.3 is 68.2 Å². The highest BCUT2D eigenvalue weighted by Crippen LogP contribution is 2.30. The number of primary amides is 1. The zero-order valence-corrected chi connectivity index (χ0v) is 35.8. The fourth-order valence-corrected chi connectivity index (χ4v) is 8.99. The number of phenols is 1. The maximum absolute atomic E-state index is 14.6. The first kappa shape index (κ1) is 47.9. The normalized spacial score (nSPS) is 28.8. The van der Waals surface area contributed by atoms with Crippen molar-refractivity contribution in [2.24, 2.45) is 17.6 Å². The Kier molecular flexibility index (Phi) is 15.5. The molecule has 1 fully saturated rings. The number of fused-ring (bicyclic) bond motifs is 5. The van der Waals surface area contributed by atoms with E-state index in [1.807, 2.05) is 0 Å². The van der Waals surface area contributed by atoms with Gasteiger partial charge in [0.05, 0.1) is 53.8 Å². The fraction of sp³-hybridized carbons (Fsp3) is 0.564. The minimum atomic E-state index is -2.35. The largest absolute Gasteiger partial charge is 0.508 e. The number of hydrogen-bond acceptors (Lipinski definition) is 13. The van der Waals surface area contributed by atoms with E-state index in [0.29, 0.717) is 11.8 Å². The first-order valence-corrected chi connectivity index (χ1v) is 21.7. The average molecular weight is 903 g/mol. The average Bonchev–Trinajstić information content (AvgIpc) is 3.80. The number of aliphatic hydroxyl groups is 2. The van der Waals surface area contributed by atoms with E-state index in [2.05, 4.69) is 42.2 Å². The number of H-pyrrole nitrogens is 1. The number of amides is 9. The second-order valence-corrected chi connectivity index (χ2v) is 17.6. The first-order valence-electron chi connectivity index (χ1n) is 20.4. The number of hydrogen-bond donors (Lipinski definition) is 12. The topological polar surface area (TPSA) is 361 Å². The van der Waals surface area contributed by atoms with Crippen molar-refractivity contribution in [2.45, 2.75) is 107 Å². The molecule has 3 aliphatic heterocycles. The Balaban J connectivity index is 1.73. The Bertz CT molecular complexity index is 2180. The summed E-state index contributed by atoms with van der Waals surface area (Å²) in [6, 6.07) is -5.57. The molecule has 0 aliphatic carbocycles. The van der Waals surface area contributed by atoms with Gasteiger partial charge >= 0.3 is 0 Å². The lowest BCUT2D eigenvalue weighted by Gasteiger charge is -2.32. The van der Waals surface area contributed by atoms with E-state index in [0.717, 1.165) is 4.90 Å². The second-order valence-electron chi connectivity index (χ2n) is 16.1. The zero-order chi connectivity index (χ0) is 46.4. The van der Waals surface area contributed by atoms with Crippen LogP contribution in [0.3, 0.4) is 0 Å². The molecule has 5 rings (SSSR count). The summed E-state index contributed by atoms with van der Waals surface area (Å²) in [4.78, 5) is 127. The molecule has 1 aromatic heterocycles. The van der Waals surface area contributed by atoms with Crippen molar-refractivity contribution in [3.8, 4) is 5.75 Å². The SMILES string of the molecule is CC[C@@H](C)[C@@H]1NC(=O)CNC(=O)[C@@H]2Cc3c([nH]c4cc(O)ccc34)[S@](=O)C[C@H](NC(=O)CNC1=O)C(=O)N[C@@H](CC(N)=O)C(=O)N1C[C@@H](O)C[C@H]1C(=O)N[C@@H]([C@@H](C)[C@H](C)O)C(=O)N2. The Labute approximate surface area is 363 Å². The van der Waals surface area contributed by atoms with Crippen LogP contribution in [0.1, 0.15) is 52.5 Å². The summed E-state index contributed by atoms with van der Waals surface area (Å²) in [5.74, 6) is -11.4. The van der Waals surface area contributed by atoms with Gasteiger partial charge in [-0.15, -0.1) is 0 Å². The van der Waals surface area contributed by atoms with Crippen LogP contribution in [-0.4, -0.2) is 156 Å². The molecule has 1 saturated heterocycles. The summed E-state index contributed by atoms with van der Waals surface area (Å²) >= 11 is 0. The van der Waals surface area contributed by atoms with Crippen molar-refractivity contribution in [3.63, 3.8) is 0 Å². The molecule has 2 aromatic rings. The molecule has 23 nitrogen and oxygen atoms in total. The van der Waals surface area contributed by atoms with Gasteiger partial charge in [0.25, 0.3) is 0 Å². The first-order chi connectivity index (χ1) is 29.7. The molecule has 0 unspecified atom stereocenters. The number of phenolic OH excluding ortho intramolecular Hbond substituents is 1. The highest BCUT2D eigenvalue weighted by Gasteiger charge is 2.45. The van der Waals surface area contributed by atoms with Crippen LogP contribution >= 0.6 is 0 Å². The standard InChI is InChI=1S/C39H54N10O13S/c1-5-16(2)31-36(59)42-12-29(54)43-26-15-63(62)38-22(21-7-6-19(51)8-23(21)46-38)10-24(33(56)41-13-30(55)47-31)44-37(60)32(17(3)18(4)50)48-35(58)27-9-20(52)14-49(27)39(61)25(11-28(40)53)45-34(26)57/h6-8,16-18,20,24-27,31-32,46,50-52H,5,9-15H2,1-4H3,(H2,40,53)(H,41,56)(H,42,59)(H,43,54)(H,44,60)(H,45,57)(H,47,55)(H,48,58)/t16-,17+,18+,20+,24+,25+,26+,27+,31+,32+,63-/m1/s1. The molecule has 3 aliphatic rings. The molecule has 24 heteroatoms. The Morgan fingerprint density at radius 1 is 0.857 bits per heavy atom. The van der Waals surface area contributed by atoms with Crippen LogP contribution in [0.25, 0.3) is 10.9 Å². The number of nitrogens with one attached hydrogen (secondary N) is 8. The molecule has 4 heterocycles. The quantitative estimate of drug-likeness (QED) is 0.130. The number of aromatic nitrogens is 1. The number of rotatable bonds is 6. The van der Waals surface area contributed by atoms with Crippen LogP contribution in [0.4, 0.5) is 0 Å². The number of carbonyl (C=O) groups is 9. The van der Waals surface area contributed by atoms with Gasteiger partial charge in [0.15, 0.2) is 0 Å². The van der Waals surface area contributed by atoms with E-state index in [9.17, 15) is 62.7 Å². The lowest BCUT2D eigenvalue weighted by Crippen LogP contribution is -2.62. The van der Waals surface area contributed by atoms with Gasteiger partial charge in [-0.25, -0.2) is 0 Å². The Hall–Kier alpha value is -6.14. The molecule has 11 atom stereocenters. The Morgan fingerprint density at radius 3 is 2.17 bits per heavy atom. The van der Waals surface area contributed by atoms with Crippen LogP contribution in [-0.2, 0) is 60.4 Å². The van der Waals surface area contributed by atoms with Crippen molar-refractivity contribution < 1.29 is 62.7 Å². The molecular weight excluding hydrogens is 849 g/mol. The number of nitrogens with zero attached hydrogens (tertiary/aromatic N) is 1. The molecule has 0 spiro atoms. The molecule has 0 saturated carbocycles. The van der Waals surface area contributed by atoms with Crippen LogP contribution in [0, 0.1) is 11.8 Å². The van der Waals surface area contributed by atoms with Gasteiger partial charge in [-0.2, -0.15) is 0 Å². The summed E-state index contributed by atoms with van der Waals surface area (Å²) in [6.45, 7) is 4.23. The third-order valence-corrected chi connectivity index (χ3v) is 12.9. The number of aliphatic hydroxyl groups excluding tert-OH is 2. The zero-order valence-electron chi connectivity index (χ0n) is 35.0. The molecule has 13 N–H and O–H groups in total. The number of aromatic amines is 1. The lowest BCUT2D eigenvalue weighted by atomic mass is 9.94. The van der Waals surface area contributed by atoms with E-state index in [1.54, 1.807) is 13.8 Å². The highest BCUT2D eigenvalue weighted by atomic mass is 32.2. The van der Waals surface area contributed by atoms with E-state index in [4.69, 9.17) is 5.73 Å². The van der Waals surface area contributed by atoms with E-state index < -0.39 is 162 Å². The number of carbonyl (C=O) groups excluding carboxylic acids is 9. The van der Waals surface area contributed by atoms with Crippen LogP contribution in [0.2, 0.25) is 0 Å². The van der Waals surface area contributed by atoms with E-state index >= 15 is 0 Å². The van der Waals surface area contributed by atoms with Crippen molar-refractivity contribution in [1.29, 1.82) is 0 Å². The monoisotopic (exact) mass is 902 g/mol. The van der Waals surface area contributed by atoms with Crippen LogP contribution < -0.4 is 43.0 Å². The third-order valence-electron chi connectivity index (χ3n) is 11.5. The predicted octanol–water partition coefficient (Wildman–Crippen LogP) is -4.89. The van der Waals surface area contributed by atoms with Gasteiger partial charge in [-0.3, -0.25) is 47.4 Å². The van der Waals surface area contributed by atoms with E-state index in [-0.39, 0.29) is 28.3 Å². The van der Waals surface area contributed by atoms with Gasteiger partial charge in [0, 0.05) is 36.8 Å². The lowest BCUT2D eigenvalue weighted by molar-refractivity contribution is -0.144. The Morgan fingerprint density at radius 2 is 1.52 bits per heavy atom. The molecule has 1 aromatic carbocycles. The second kappa shape index (κ2) is 20.4. The summed E-state index contributed by atoms with van der Waals surface area (Å²) < 4.78 is 14.6. The fourth-order valence-electron chi connectivity index (χ4n) is 7.59. The number of benzene rings is 1. The molecule has 63 heavy (non-hydrogen) atoms. The van der Waals surface area contributed by atoms with E-state index in [1.165, 1.54) is 32.0 Å². The number of aromatic hydroxyl groups is 1. The third kappa shape index (κ3) is 11.5. The maximum Gasteiger partial charge on any atom is 0.246 e. The molecular formula is C39H54N10O13S. The smallest absolute Gasteiger partial charge is 0.246 e. The molecule has 344 valence electrons. The molecule has 2 bridgehead atoms. The van der Waals surface area contributed by atoms with Crippen molar-refractivity contribution in [3.05, 3.63) is 23.8 Å². The maximum atomic E-state index is 14.6.